The van der Waals surface area contributed by atoms with Gasteiger partial charge in [-0.15, -0.1) is 0 Å². The second-order valence-electron chi connectivity index (χ2n) is 6.09. The second-order valence-corrected chi connectivity index (χ2v) is 6.09. The van der Waals surface area contributed by atoms with Crippen molar-refractivity contribution in [3.63, 3.8) is 0 Å². The van der Waals surface area contributed by atoms with Crippen molar-refractivity contribution < 1.29 is 14.0 Å². The number of aryl methyl sites for hydroxylation is 2. The van der Waals surface area contributed by atoms with E-state index >= 15 is 0 Å². The van der Waals surface area contributed by atoms with E-state index < -0.39 is 6.98 Å². The number of aromatic hydroxyl groups is 1. The molecule has 0 saturated carbocycles. The van der Waals surface area contributed by atoms with E-state index in [-0.39, 0.29) is 17.4 Å². The number of ether oxygens (including phenoxy) is 1. The zero-order valence-corrected chi connectivity index (χ0v) is 14.6. The van der Waals surface area contributed by atoms with Crippen LogP contribution in [0.4, 0.5) is 5.82 Å². The van der Waals surface area contributed by atoms with E-state index in [1.807, 2.05) is 6.92 Å². The molecule has 3 aromatic heterocycles. The molecule has 0 atom stereocenters. The van der Waals surface area contributed by atoms with Gasteiger partial charge in [0.05, 0.1) is 17.5 Å². The average molecular weight is 365 g/mol. The van der Waals surface area contributed by atoms with Crippen molar-refractivity contribution in [2.45, 2.75) is 13.8 Å². The number of hydrogen-bond acceptors (Lipinski definition) is 7. The Bertz CT molecular complexity index is 1270. The molecule has 0 fully saturated rings. The van der Waals surface area contributed by atoms with E-state index in [0.717, 1.165) is 10.1 Å². The fourth-order valence-corrected chi connectivity index (χ4v) is 2.80. The summed E-state index contributed by atoms with van der Waals surface area (Å²) in [5, 5.41) is 10.5. The molecule has 1 aromatic carbocycles. The van der Waals surface area contributed by atoms with Gasteiger partial charge in [0.15, 0.2) is 0 Å². The van der Waals surface area contributed by atoms with Crippen molar-refractivity contribution in [3.05, 3.63) is 48.2 Å². The molecule has 0 aliphatic carbocycles. The third-order valence-corrected chi connectivity index (χ3v) is 4.23. The van der Waals surface area contributed by atoms with Crippen molar-refractivity contribution in [2.24, 2.45) is 6.98 Å². The Kier molecular flexibility index (Phi) is 3.12. The number of nitrogens with two attached hydrogens (primary N) is 1. The van der Waals surface area contributed by atoms with Crippen molar-refractivity contribution >= 4 is 16.7 Å². The Hall–Kier alpha value is -3.68. The fraction of sp³-hybridized carbons (Fsp3) is 0.158. The normalized spacial score (nSPS) is 13.2. The van der Waals surface area contributed by atoms with Gasteiger partial charge < -0.3 is 20.1 Å². The van der Waals surface area contributed by atoms with E-state index in [4.69, 9.17) is 14.6 Å². The zero-order chi connectivity index (χ0) is 21.6. The van der Waals surface area contributed by atoms with Crippen LogP contribution in [0.1, 0.15) is 15.2 Å². The first-order valence-electron chi connectivity index (χ1n) is 9.58. The van der Waals surface area contributed by atoms with Crippen LogP contribution in [0.15, 0.2) is 37.1 Å². The summed E-state index contributed by atoms with van der Waals surface area (Å²) in [6, 6.07) is 4.94. The highest BCUT2D eigenvalue weighted by atomic mass is 16.5. The number of phenolic OH excluding ortho intramolecular Hbond substituents is 1. The molecule has 4 aromatic rings. The van der Waals surface area contributed by atoms with Crippen LogP contribution in [0.2, 0.25) is 0 Å². The number of phenols is 1. The third-order valence-electron chi connectivity index (χ3n) is 4.23. The summed E-state index contributed by atoms with van der Waals surface area (Å²) < 4.78 is 29.6. The Labute approximate surface area is 159 Å². The van der Waals surface area contributed by atoms with Gasteiger partial charge in [-0.1, -0.05) is 6.07 Å². The summed E-state index contributed by atoms with van der Waals surface area (Å²) in [6.45, 7) is 1.21. The molecule has 0 unspecified atom stereocenters. The highest BCUT2D eigenvalue weighted by Crippen LogP contribution is 2.37. The molecule has 0 spiro atoms. The Morgan fingerprint density at radius 3 is 2.81 bits per heavy atom. The van der Waals surface area contributed by atoms with Crippen LogP contribution in [0.25, 0.3) is 22.3 Å². The van der Waals surface area contributed by atoms with Crippen molar-refractivity contribution in [1.82, 2.24) is 24.5 Å². The van der Waals surface area contributed by atoms with Gasteiger partial charge in [0.1, 0.15) is 34.7 Å². The standard InChI is InChI=1S/C19H18N6O2/c1-10-4-5-15(26)11(2)17(10)27-19-16-13(21-8-22-18(16)20)6-12(24-19)14-7-25(3)9-23-14/h4-9,26H,1-3H3,(H2,20,21,22)/i3D3. The first kappa shape index (κ1) is 13.5. The summed E-state index contributed by atoms with van der Waals surface area (Å²) in [5.74, 6) is 0.812. The van der Waals surface area contributed by atoms with Gasteiger partial charge in [-0.3, -0.25) is 0 Å². The van der Waals surface area contributed by atoms with Crippen LogP contribution < -0.4 is 10.5 Å². The maximum atomic E-state index is 10.1. The maximum absolute atomic E-state index is 10.1. The first-order chi connectivity index (χ1) is 14.1. The zero-order valence-electron chi connectivity index (χ0n) is 17.6. The largest absolute Gasteiger partial charge is 0.508 e. The third kappa shape index (κ3) is 2.91. The number of rotatable bonds is 3. The molecule has 8 nitrogen and oxygen atoms in total. The van der Waals surface area contributed by atoms with E-state index in [2.05, 4.69) is 19.9 Å². The minimum atomic E-state index is -2.36. The molecule has 27 heavy (non-hydrogen) atoms. The molecule has 3 heterocycles. The van der Waals surface area contributed by atoms with Crippen molar-refractivity contribution in [2.75, 3.05) is 5.73 Å². The lowest BCUT2D eigenvalue weighted by Crippen LogP contribution is -2.01. The van der Waals surface area contributed by atoms with Crippen LogP contribution in [-0.2, 0) is 6.98 Å². The lowest BCUT2D eigenvalue weighted by atomic mass is 10.1. The quantitative estimate of drug-likeness (QED) is 0.573. The molecule has 136 valence electrons. The number of benzene rings is 1. The van der Waals surface area contributed by atoms with Crippen LogP contribution in [-0.4, -0.2) is 29.6 Å². The first-order valence-corrected chi connectivity index (χ1v) is 8.08. The van der Waals surface area contributed by atoms with E-state index in [1.165, 1.54) is 18.9 Å². The number of imidazole rings is 1. The molecule has 0 aliphatic heterocycles. The Morgan fingerprint density at radius 1 is 1.19 bits per heavy atom. The molecule has 0 radical (unpaired) electrons. The Balaban J connectivity index is 1.91. The SMILES string of the molecule is [2H]C([2H])([2H])n1cnc(-c2cc3ncnc(N)c3c(Oc3c(C)ccc(O)c3C)n2)c1. The van der Waals surface area contributed by atoms with Gasteiger partial charge in [0.2, 0.25) is 5.88 Å². The molecule has 4 rings (SSSR count). The molecular formula is C19H18N6O2. The minimum absolute atomic E-state index is 0.0803. The predicted molar refractivity (Wildman–Crippen MR) is 102 cm³/mol. The topological polar surface area (TPSA) is 112 Å². The van der Waals surface area contributed by atoms with Crippen LogP contribution in [0.3, 0.4) is 0 Å². The van der Waals surface area contributed by atoms with Gasteiger partial charge in [0.25, 0.3) is 0 Å². The Morgan fingerprint density at radius 2 is 2.04 bits per heavy atom. The molecule has 0 aliphatic rings. The highest BCUT2D eigenvalue weighted by molar-refractivity contribution is 5.94. The molecular weight excluding hydrogens is 344 g/mol. The van der Waals surface area contributed by atoms with Crippen LogP contribution in [0.5, 0.6) is 17.4 Å². The number of nitrogens with zero attached hydrogens (tertiary/aromatic N) is 5. The van der Waals surface area contributed by atoms with Gasteiger partial charge in [0, 0.05) is 22.8 Å². The number of pyridine rings is 1. The molecule has 3 N–H and O–H groups in total. The lowest BCUT2D eigenvalue weighted by Gasteiger charge is -2.14. The van der Waals surface area contributed by atoms with Crippen molar-refractivity contribution in [1.29, 1.82) is 0 Å². The summed E-state index contributed by atoms with van der Waals surface area (Å²) in [4.78, 5) is 16.9. The fourth-order valence-electron chi connectivity index (χ4n) is 2.80. The van der Waals surface area contributed by atoms with E-state index in [0.29, 0.717) is 33.6 Å². The second kappa shape index (κ2) is 6.24. The number of nitrogen functional groups attached to an aromatic ring is 1. The van der Waals surface area contributed by atoms with Gasteiger partial charge in [-0.05, 0) is 31.5 Å². The number of fused-ring (bicyclic) bond motifs is 1. The van der Waals surface area contributed by atoms with Crippen molar-refractivity contribution in [3.8, 4) is 28.8 Å². The van der Waals surface area contributed by atoms with E-state index in [1.54, 1.807) is 25.1 Å². The smallest absolute Gasteiger partial charge is 0.233 e. The van der Waals surface area contributed by atoms with E-state index in [9.17, 15) is 5.11 Å². The molecule has 0 amide bonds. The molecule has 8 heteroatoms. The number of hydrogen-bond donors (Lipinski definition) is 2. The van der Waals surface area contributed by atoms with Gasteiger partial charge in [-0.2, -0.15) is 0 Å². The van der Waals surface area contributed by atoms with Gasteiger partial charge >= 0.3 is 0 Å². The summed E-state index contributed by atoms with van der Waals surface area (Å²) in [6.07, 6.45) is 3.91. The monoisotopic (exact) mass is 365 g/mol. The molecule has 0 saturated heterocycles. The molecule has 0 bridgehead atoms. The summed E-state index contributed by atoms with van der Waals surface area (Å²) >= 11 is 0. The summed E-state index contributed by atoms with van der Waals surface area (Å²) in [7, 11) is 0. The summed E-state index contributed by atoms with van der Waals surface area (Å²) in [5.41, 5.74) is 8.52. The minimum Gasteiger partial charge on any atom is -0.508 e. The predicted octanol–water partition coefficient (Wildman–Crippen LogP) is 3.12. The number of aromatic nitrogens is 5. The van der Waals surface area contributed by atoms with Crippen LogP contribution in [0, 0.1) is 13.8 Å². The van der Waals surface area contributed by atoms with Crippen LogP contribution >= 0.6 is 0 Å². The number of anilines is 1. The highest BCUT2D eigenvalue weighted by Gasteiger charge is 2.18. The maximum Gasteiger partial charge on any atom is 0.233 e. The average Bonchev–Trinajstić information content (AvgIpc) is 3.19. The lowest BCUT2D eigenvalue weighted by molar-refractivity contribution is 0.440. The van der Waals surface area contributed by atoms with Gasteiger partial charge in [-0.25, -0.2) is 19.9 Å².